The maximum absolute atomic E-state index is 11.1. The summed E-state index contributed by atoms with van der Waals surface area (Å²) in [6.07, 6.45) is 0. The van der Waals surface area contributed by atoms with Crippen LogP contribution in [0.5, 0.6) is 0 Å². The second kappa shape index (κ2) is 7.85. The number of carbonyl (C=O) groups excluding carboxylic acids is 1. The Morgan fingerprint density at radius 1 is 1.08 bits per heavy atom. The topological polar surface area (TPSA) is 67.6 Å². The van der Waals surface area contributed by atoms with E-state index < -0.39 is 5.91 Å². The minimum absolute atomic E-state index is 0.332. The van der Waals surface area contributed by atoms with E-state index in [1.165, 1.54) is 5.69 Å². The van der Waals surface area contributed by atoms with Crippen molar-refractivity contribution in [2.45, 2.75) is 6.54 Å². The lowest BCUT2D eigenvalue weighted by molar-refractivity contribution is -0.112. The maximum atomic E-state index is 11.1. The number of hydrogen-bond donors (Lipinski definition) is 2. The van der Waals surface area contributed by atoms with Crippen LogP contribution in [0.4, 0.5) is 11.4 Å². The smallest absolute Gasteiger partial charge is 0.248 e. The van der Waals surface area contributed by atoms with Crippen molar-refractivity contribution in [1.29, 1.82) is 0 Å². The van der Waals surface area contributed by atoms with E-state index in [0.717, 1.165) is 43.1 Å². The van der Waals surface area contributed by atoms with Crippen LogP contribution in [0.15, 0.2) is 55.1 Å². The number of ether oxygens (including phenoxy) is 1. The van der Waals surface area contributed by atoms with Crippen LogP contribution in [0.2, 0.25) is 0 Å². The molecule has 1 fully saturated rings. The summed E-state index contributed by atoms with van der Waals surface area (Å²) in [7, 11) is 0. The van der Waals surface area contributed by atoms with Crippen LogP contribution in [0.3, 0.4) is 0 Å². The van der Waals surface area contributed by atoms with Crippen LogP contribution < -0.4 is 16.0 Å². The standard InChI is InChI=1S/C20H23N3O2/c1-15(20(21)24)17-4-2-16(3-5-17)14-22-18-6-8-19(9-7-18)23-10-12-25-13-11-23/h2-9,22H,1,10-14H2,(H2,21,24). The van der Waals surface area contributed by atoms with E-state index in [1.54, 1.807) is 0 Å². The van der Waals surface area contributed by atoms with Gasteiger partial charge in [0.15, 0.2) is 0 Å². The van der Waals surface area contributed by atoms with Gasteiger partial charge in [0.05, 0.1) is 13.2 Å². The van der Waals surface area contributed by atoms with Gasteiger partial charge in [-0.2, -0.15) is 0 Å². The lowest BCUT2D eigenvalue weighted by atomic mass is 10.1. The molecule has 0 bridgehead atoms. The van der Waals surface area contributed by atoms with Crippen molar-refractivity contribution < 1.29 is 9.53 Å². The van der Waals surface area contributed by atoms with Crippen molar-refractivity contribution >= 4 is 22.9 Å². The molecule has 0 saturated carbocycles. The van der Waals surface area contributed by atoms with Crippen LogP contribution in [0.1, 0.15) is 11.1 Å². The van der Waals surface area contributed by atoms with E-state index in [4.69, 9.17) is 10.5 Å². The van der Waals surface area contributed by atoms with Gasteiger partial charge in [0, 0.05) is 36.6 Å². The Morgan fingerprint density at radius 2 is 1.72 bits per heavy atom. The van der Waals surface area contributed by atoms with Crippen LogP contribution in [-0.2, 0) is 16.1 Å². The van der Waals surface area contributed by atoms with E-state index in [9.17, 15) is 4.79 Å². The monoisotopic (exact) mass is 337 g/mol. The first-order valence-corrected chi connectivity index (χ1v) is 8.38. The predicted octanol–water partition coefficient (Wildman–Crippen LogP) is 2.63. The molecule has 1 aliphatic rings. The minimum atomic E-state index is -0.494. The molecule has 2 aromatic carbocycles. The number of hydrogen-bond acceptors (Lipinski definition) is 4. The molecule has 3 N–H and O–H groups in total. The first kappa shape index (κ1) is 17.0. The van der Waals surface area contributed by atoms with Gasteiger partial charge in [-0.05, 0) is 35.4 Å². The molecule has 0 unspecified atom stereocenters. The van der Waals surface area contributed by atoms with Crippen molar-refractivity contribution in [2.75, 3.05) is 36.5 Å². The number of benzene rings is 2. The Balaban J connectivity index is 1.56. The molecule has 2 aromatic rings. The summed E-state index contributed by atoms with van der Waals surface area (Å²) in [4.78, 5) is 13.5. The molecule has 0 radical (unpaired) electrons. The second-order valence-electron chi connectivity index (χ2n) is 6.04. The highest BCUT2D eigenvalue weighted by atomic mass is 16.5. The number of anilines is 2. The molecule has 5 nitrogen and oxygen atoms in total. The van der Waals surface area contributed by atoms with Crippen molar-refractivity contribution in [2.24, 2.45) is 5.73 Å². The van der Waals surface area contributed by atoms with Gasteiger partial charge in [-0.15, -0.1) is 0 Å². The summed E-state index contributed by atoms with van der Waals surface area (Å²) in [5.74, 6) is -0.494. The average molecular weight is 337 g/mol. The van der Waals surface area contributed by atoms with Gasteiger partial charge in [0.25, 0.3) is 0 Å². The Kier molecular flexibility index (Phi) is 5.36. The average Bonchev–Trinajstić information content (AvgIpc) is 2.67. The third kappa shape index (κ3) is 4.39. The van der Waals surface area contributed by atoms with Crippen molar-refractivity contribution in [3.8, 4) is 0 Å². The fourth-order valence-corrected chi connectivity index (χ4v) is 2.78. The second-order valence-corrected chi connectivity index (χ2v) is 6.04. The number of nitrogens with zero attached hydrogens (tertiary/aromatic N) is 1. The molecule has 0 spiro atoms. The van der Waals surface area contributed by atoms with Crippen molar-refractivity contribution in [3.05, 3.63) is 66.2 Å². The first-order chi connectivity index (χ1) is 12.1. The first-order valence-electron chi connectivity index (χ1n) is 8.38. The zero-order chi connectivity index (χ0) is 17.6. The van der Waals surface area contributed by atoms with Gasteiger partial charge < -0.3 is 20.7 Å². The molecular weight excluding hydrogens is 314 g/mol. The van der Waals surface area contributed by atoms with Crippen molar-refractivity contribution in [1.82, 2.24) is 0 Å². The maximum Gasteiger partial charge on any atom is 0.248 e. The molecule has 0 aromatic heterocycles. The summed E-state index contributed by atoms with van der Waals surface area (Å²) in [6.45, 7) is 7.86. The Morgan fingerprint density at radius 3 is 2.32 bits per heavy atom. The van der Waals surface area contributed by atoms with Crippen LogP contribution in [0, 0.1) is 0 Å². The molecule has 3 rings (SSSR count). The third-order valence-corrected chi connectivity index (χ3v) is 4.34. The highest BCUT2D eigenvalue weighted by Gasteiger charge is 2.10. The van der Waals surface area contributed by atoms with Crippen LogP contribution >= 0.6 is 0 Å². The van der Waals surface area contributed by atoms with Gasteiger partial charge >= 0.3 is 0 Å². The van der Waals surface area contributed by atoms with Gasteiger partial charge in [0.1, 0.15) is 0 Å². The number of carbonyl (C=O) groups is 1. The van der Waals surface area contributed by atoms with E-state index in [0.29, 0.717) is 12.1 Å². The summed E-state index contributed by atoms with van der Waals surface area (Å²) < 4.78 is 5.38. The zero-order valence-corrected chi connectivity index (χ0v) is 14.2. The van der Waals surface area contributed by atoms with Crippen molar-refractivity contribution in [3.63, 3.8) is 0 Å². The lowest BCUT2D eigenvalue weighted by Crippen LogP contribution is -2.36. The number of nitrogens with one attached hydrogen (secondary N) is 1. The highest BCUT2D eigenvalue weighted by Crippen LogP contribution is 2.20. The highest BCUT2D eigenvalue weighted by molar-refractivity contribution is 6.17. The molecule has 1 heterocycles. The SMILES string of the molecule is C=C(C(N)=O)c1ccc(CNc2ccc(N3CCOCC3)cc2)cc1. The molecule has 1 aliphatic heterocycles. The molecule has 1 saturated heterocycles. The summed E-state index contributed by atoms with van der Waals surface area (Å²) in [5.41, 5.74) is 9.75. The largest absolute Gasteiger partial charge is 0.381 e. The van der Waals surface area contributed by atoms with Gasteiger partial charge in [-0.3, -0.25) is 4.79 Å². The van der Waals surface area contributed by atoms with E-state index >= 15 is 0 Å². The third-order valence-electron chi connectivity index (χ3n) is 4.34. The molecule has 5 heteroatoms. The van der Waals surface area contributed by atoms with E-state index in [1.807, 2.05) is 24.3 Å². The summed E-state index contributed by atoms with van der Waals surface area (Å²) in [5, 5.41) is 3.41. The summed E-state index contributed by atoms with van der Waals surface area (Å²) >= 11 is 0. The fraction of sp³-hybridized carbons (Fsp3) is 0.250. The Bertz CT molecular complexity index is 733. The molecule has 0 aliphatic carbocycles. The molecular formula is C20H23N3O2. The summed E-state index contributed by atoms with van der Waals surface area (Å²) in [6, 6.07) is 16.1. The molecule has 25 heavy (non-hydrogen) atoms. The van der Waals surface area contributed by atoms with Crippen LogP contribution in [-0.4, -0.2) is 32.2 Å². The molecule has 1 amide bonds. The molecule has 0 atom stereocenters. The number of amides is 1. The zero-order valence-electron chi connectivity index (χ0n) is 14.2. The Labute approximate surface area is 148 Å². The van der Waals surface area contributed by atoms with E-state index in [2.05, 4.69) is 41.1 Å². The fourth-order valence-electron chi connectivity index (χ4n) is 2.78. The molecule has 130 valence electrons. The van der Waals surface area contributed by atoms with Gasteiger partial charge in [-0.1, -0.05) is 30.8 Å². The minimum Gasteiger partial charge on any atom is -0.381 e. The number of morpholine rings is 1. The lowest BCUT2D eigenvalue weighted by Gasteiger charge is -2.28. The Hall–Kier alpha value is -2.79. The van der Waals surface area contributed by atoms with Crippen LogP contribution in [0.25, 0.3) is 5.57 Å². The van der Waals surface area contributed by atoms with E-state index in [-0.39, 0.29) is 0 Å². The number of nitrogens with two attached hydrogens (primary N) is 1. The van der Waals surface area contributed by atoms with Gasteiger partial charge in [-0.25, -0.2) is 0 Å². The predicted molar refractivity (Wildman–Crippen MR) is 101 cm³/mol. The quantitative estimate of drug-likeness (QED) is 0.795. The van der Waals surface area contributed by atoms with Gasteiger partial charge in [0.2, 0.25) is 5.91 Å². The number of primary amides is 1. The normalized spacial score (nSPS) is 14.2. The number of rotatable bonds is 6.